The van der Waals surface area contributed by atoms with Gasteiger partial charge in [-0.3, -0.25) is 0 Å². The van der Waals surface area contributed by atoms with Crippen molar-refractivity contribution in [3.05, 3.63) is 54.6 Å². The van der Waals surface area contributed by atoms with Gasteiger partial charge in [-0.2, -0.15) is 0 Å². The molecule has 21 heavy (non-hydrogen) atoms. The Hall–Kier alpha value is -1.65. The average Bonchev–Trinajstić information content (AvgIpc) is 3.02. The molecule has 1 aliphatic heterocycles. The van der Waals surface area contributed by atoms with Crippen LogP contribution in [0, 0.1) is 0 Å². The van der Waals surface area contributed by atoms with Gasteiger partial charge in [-0.25, -0.2) is 4.98 Å². The van der Waals surface area contributed by atoms with Crippen LogP contribution >= 0.6 is 0 Å². The maximum atomic E-state index is 4.09. The first-order chi connectivity index (χ1) is 10.4. The number of imidazole rings is 1. The Kier molecular flexibility index (Phi) is 5.03. The molecule has 1 aromatic carbocycles. The van der Waals surface area contributed by atoms with Crippen LogP contribution in [0.4, 0.5) is 0 Å². The van der Waals surface area contributed by atoms with Crippen LogP contribution in [0.15, 0.2) is 49.1 Å². The first kappa shape index (κ1) is 14.3. The number of aryl methyl sites for hydroxylation is 1. The summed E-state index contributed by atoms with van der Waals surface area (Å²) in [6.45, 7) is 5.65. The van der Waals surface area contributed by atoms with Gasteiger partial charge in [0.05, 0.1) is 6.33 Å². The fourth-order valence-corrected chi connectivity index (χ4v) is 3.03. The molecule has 4 nitrogen and oxygen atoms in total. The molecule has 1 saturated heterocycles. The zero-order valence-electron chi connectivity index (χ0n) is 12.5. The molecule has 112 valence electrons. The lowest BCUT2D eigenvalue weighted by Crippen LogP contribution is -2.51. The molecule has 0 amide bonds. The lowest BCUT2D eigenvalue weighted by atomic mass is 10.0. The number of aromatic nitrogens is 2. The Labute approximate surface area is 126 Å². The quantitative estimate of drug-likeness (QED) is 0.878. The molecule has 1 N–H and O–H groups in total. The van der Waals surface area contributed by atoms with Crippen LogP contribution in [0.25, 0.3) is 0 Å². The minimum atomic E-state index is 0.578. The van der Waals surface area contributed by atoms with E-state index in [2.05, 4.69) is 50.1 Å². The normalized spacial score (nSPS) is 19.7. The smallest absolute Gasteiger partial charge is 0.0945 e. The fourth-order valence-electron chi connectivity index (χ4n) is 3.03. The maximum absolute atomic E-state index is 4.09. The first-order valence-corrected chi connectivity index (χ1v) is 7.85. The maximum Gasteiger partial charge on any atom is 0.0945 e. The van der Waals surface area contributed by atoms with Crippen molar-refractivity contribution >= 4 is 0 Å². The lowest BCUT2D eigenvalue weighted by Gasteiger charge is -2.33. The molecule has 0 radical (unpaired) electrons. The van der Waals surface area contributed by atoms with Crippen molar-refractivity contribution in [2.75, 3.05) is 26.2 Å². The van der Waals surface area contributed by atoms with E-state index in [4.69, 9.17) is 0 Å². The Morgan fingerprint density at radius 2 is 2.10 bits per heavy atom. The second kappa shape index (κ2) is 7.38. The van der Waals surface area contributed by atoms with Gasteiger partial charge in [-0.05, 0) is 24.9 Å². The number of nitrogens with one attached hydrogen (secondary N) is 1. The van der Waals surface area contributed by atoms with E-state index in [-0.39, 0.29) is 0 Å². The van der Waals surface area contributed by atoms with Gasteiger partial charge < -0.3 is 14.8 Å². The highest BCUT2D eigenvalue weighted by molar-refractivity contribution is 5.16. The van der Waals surface area contributed by atoms with Gasteiger partial charge in [0, 0.05) is 44.6 Å². The van der Waals surface area contributed by atoms with Gasteiger partial charge >= 0.3 is 0 Å². The molecular weight excluding hydrogens is 260 g/mol. The van der Waals surface area contributed by atoms with E-state index in [0.717, 1.165) is 32.6 Å². The largest absolute Gasteiger partial charge is 0.337 e. The van der Waals surface area contributed by atoms with Crippen LogP contribution < -0.4 is 5.32 Å². The molecule has 0 bridgehead atoms. The van der Waals surface area contributed by atoms with Crippen LogP contribution in [0.3, 0.4) is 0 Å². The van der Waals surface area contributed by atoms with E-state index in [1.807, 2.05) is 18.7 Å². The van der Waals surface area contributed by atoms with Gasteiger partial charge in [-0.15, -0.1) is 0 Å². The summed E-state index contributed by atoms with van der Waals surface area (Å²) in [4.78, 5) is 6.67. The van der Waals surface area contributed by atoms with Crippen LogP contribution in [0.5, 0.6) is 0 Å². The lowest BCUT2D eigenvalue weighted by molar-refractivity contribution is 0.194. The molecule has 0 aliphatic carbocycles. The topological polar surface area (TPSA) is 33.1 Å². The van der Waals surface area contributed by atoms with Crippen molar-refractivity contribution in [2.24, 2.45) is 0 Å². The van der Waals surface area contributed by atoms with Crippen molar-refractivity contribution in [3.8, 4) is 0 Å². The van der Waals surface area contributed by atoms with Crippen molar-refractivity contribution in [3.63, 3.8) is 0 Å². The number of rotatable bonds is 6. The molecule has 4 heteroatoms. The number of hydrogen-bond acceptors (Lipinski definition) is 3. The highest BCUT2D eigenvalue weighted by Crippen LogP contribution is 2.08. The number of benzene rings is 1. The number of nitrogens with zero attached hydrogens (tertiary/aromatic N) is 3. The molecule has 3 rings (SSSR count). The van der Waals surface area contributed by atoms with Gasteiger partial charge in [0.1, 0.15) is 0 Å². The predicted molar refractivity (Wildman–Crippen MR) is 85.2 cm³/mol. The van der Waals surface area contributed by atoms with Gasteiger partial charge in [-0.1, -0.05) is 30.3 Å². The van der Waals surface area contributed by atoms with Crippen LogP contribution in [-0.2, 0) is 13.0 Å². The monoisotopic (exact) mass is 284 g/mol. The third-order valence-electron chi connectivity index (χ3n) is 4.11. The van der Waals surface area contributed by atoms with Gasteiger partial charge in [0.15, 0.2) is 0 Å². The van der Waals surface area contributed by atoms with E-state index < -0.39 is 0 Å². The van der Waals surface area contributed by atoms with Crippen LogP contribution in [-0.4, -0.2) is 46.7 Å². The highest BCUT2D eigenvalue weighted by Gasteiger charge is 2.18. The van der Waals surface area contributed by atoms with Gasteiger partial charge in [0.2, 0.25) is 0 Å². The molecule has 0 saturated carbocycles. The molecule has 1 fully saturated rings. The molecule has 2 heterocycles. The third kappa shape index (κ3) is 4.41. The van der Waals surface area contributed by atoms with E-state index in [1.165, 1.54) is 18.5 Å². The summed E-state index contributed by atoms with van der Waals surface area (Å²) in [5, 5.41) is 3.64. The summed E-state index contributed by atoms with van der Waals surface area (Å²) in [6.07, 6.45) is 8.10. The zero-order valence-corrected chi connectivity index (χ0v) is 12.5. The predicted octanol–water partition coefficient (Wildman–Crippen LogP) is 1.79. The Morgan fingerprint density at radius 1 is 1.19 bits per heavy atom. The van der Waals surface area contributed by atoms with Crippen molar-refractivity contribution < 1.29 is 0 Å². The standard InChI is InChI=1S/C17H24N4/c1-2-5-16(6-3-1)13-17-14-20(12-8-19-17)9-4-10-21-11-7-18-15-21/h1-3,5-7,11,15,17,19H,4,8-10,12-14H2. The van der Waals surface area contributed by atoms with Crippen LogP contribution in [0.2, 0.25) is 0 Å². The number of hydrogen-bond donors (Lipinski definition) is 1. The zero-order chi connectivity index (χ0) is 14.3. The van der Waals surface area contributed by atoms with Crippen molar-refractivity contribution in [1.82, 2.24) is 19.8 Å². The Balaban J connectivity index is 1.42. The third-order valence-corrected chi connectivity index (χ3v) is 4.11. The highest BCUT2D eigenvalue weighted by atomic mass is 15.2. The Morgan fingerprint density at radius 3 is 2.90 bits per heavy atom. The molecular formula is C17H24N4. The summed E-state index contributed by atoms with van der Waals surface area (Å²) in [5.74, 6) is 0. The molecule has 2 aromatic rings. The summed E-state index contributed by atoms with van der Waals surface area (Å²) in [7, 11) is 0. The van der Waals surface area contributed by atoms with E-state index in [0.29, 0.717) is 6.04 Å². The van der Waals surface area contributed by atoms with Crippen molar-refractivity contribution in [1.29, 1.82) is 0 Å². The average molecular weight is 284 g/mol. The minimum Gasteiger partial charge on any atom is -0.337 e. The number of piperazine rings is 1. The SMILES string of the molecule is c1ccc(CC2CN(CCCn3ccnc3)CCN2)cc1. The molecule has 1 aromatic heterocycles. The van der Waals surface area contributed by atoms with Crippen LogP contribution in [0.1, 0.15) is 12.0 Å². The summed E-state index contributed by atoms with van der Waals surface area (Å²) in [6, 6.07) is 11.4. The first-order valence-electron chi connectivity index (χ1n) is 7.85. The summed E-state index contributed by atoms with van der Waals surface area (Å²) in [5.41, 5.74) is 1.43. The fraction of sp³-hybridized carbons (Fsp3) is 0.471. The molecule has 1 aliphatic rings. The van der Waals surface area contributed by atoms with E-state index in [1.54, 1.807) is 0 Å². The van der Waals surface area contributed by atoms with E-state index >= 15 is 0 Å². The minimum absolute atomic E-state index is 0.578. The van der Waals surface area contributed by atoms with Gasteiger partial charge in [0.25, 0.3) is 0 Å². The summed E-state index contributed by atoms with van der Waals surface area (Å²) >= 11 is 0. The second-order valence-corrected chi connectivity index (χ2v) is 5.80. The summed E-state index contributed by atoms with van der Waals surface area (Å²) < 4.78 is 2.16. The van der Waals surface area contributed by atoms with E-state index in [9.17, 15) is 0 Å². The van der Waals surface area contributed by atoms with Crippen molar-refractivity contribution in [2.45, 2.75) is 25.4 Å². The Bertz CT molecular complexity index is 509. The second-order valence-electron chi connectivity index (χ2n) is 5.80. The molecule has 0 spiro atoms. The molecule has 1 atom stereocenters. The molecule has 1 unspecified atom stereocenters.